The molecule has 1 aliphatic rings. The van der Waals surface area contributed by atoms with Crippen molar-refractivity contribution in [3.8, 4) is 0 Å². The van der Waals surface area contributed by atoms with Crippen LogP contribution in [0.5, 0.6) is 0 Å². The fraction of sp³-hybridized carbons (Fsp3) is 0.240. The van der Waals surface area contributed by atoms with E-state index in [0.29, 0.717) is 16.9 Å². The Hall–Kier alpha value is -3.87. The molecule has 3 aromatic rings. The number of carbonyl (C=O) groups is 3. The Morgan fingerprint density at radius 1 is 1.00 bits per heavy atom. The fourth-order valence-corrected chi connectivity index (χ4v) is 3.92. The van der Waals surface area contributed by atoms with Crippen LogP contribution in [0.4, 0.5) is 4.79 Å². The first-order valence-corrected chi connectivity index (χ1v) is 10.4. The van der Waals surface area contributed by atoms with Gasteiger partial charge in [-0.1, -0.05) is 48.5 Å². The molecule has 1 aromatic heterocycles. The molecule has 1 saturated heterocycles. The van der Waals surface area contributed by atoms with Gasteiger partial charge in [0.05, 0.1) is 12.8 Å². The number of carbonyl (C=O) groups excluding carboxylic acids is 3. The molecule has 164 valence electrons. The van der Waals surface area contributed by atoms with Crippen molar-refractivity contribution in [2.45, 2.75) is 25.9 Å². The van der Waals surface area contributed by atoms with Crippen LogP contribution in [-0.4, -0.2) is 41.2 Å². The Balaban J connectivity index is 1.67. The van der Waals surface area contributed by atoms with Crippen LogP contribution in [0.1, 0.15) is 28.0 Å². The fourth-order valence-electron chi connectivity index (χ4n) is 3.92. The predicted octanol–water partition coefficient (Wildman–Crippen LogP) is 3.35. The summed E-state index contributed by atoms with van der Waals surface area (Å²) in [6, 6.07) is 17.7. The van der Waals surface area contributed by atoms with Crippen LogP contribution in [-0.2, 0) is 21.7 Å². The lowest BCUT2D eigenvalue weighted by Crippen LogP contribution is -2.46. The molecule has 0 radical (unpaired) electrons. The molecule has 32 heavy (non-hydrogen) atoms. The lowest BCUT2D eigenvalue weighted by atomic mass is 9.81. The van der Waals surface area contributed by atoms with E-state index in [4.69, 9.17) is 4.42 Å². The highest BCUT2D eigenvalue weighted by Crippen LogP contribution is 2.36. The lowest BCUT2D eigenvalue weighted by Gasteiger charge is -2.28. The quantitative estimate of drug-likeness (QED) is 0.607. The Bertz CT molecular complexity index is 1160. The van der Waals surface area contributed by atoms with Crippen molar-refractivity contribution in [1.82, 2.24) is 15.1 Å². The van der Waals surface area contributed by atoms with Crippen molar-refractivity contribution in [3.63, 3.8) is 0 Å². The van der Waals surface area contributed by atoms with Crippen molar-refractivity contribution in [2.75, 3.05) is 13.6 Å². The van der Waals surface area contributed by atoms with Gasteiger partial charge in [-0.3, -0.25) is 14.5 Å². The molecule has 0 spiro atoms. The van der Waals surface area contributed by atoms with Crippen molar-refractivity contribution >= 4 is 17.8 Å². The van der Waals surface area contributed by atoms with E-state index in [9.17, 15) is 14.4 Å². The van der Waals surface area contributed by atoms with Gasteiger partial charge >= 0.3 is 6.03 Å². The van der Waals surface area contributed by atoms with Crippen LogP contribution in [0, 0.1) is 13.8 Å². The Morgan fingerprint density at radius 3 is 2.41 bits per heavy atom. The SMILES string of the molecule is Cc1ccc([C@]2(c3ccccc3)NC(=O)N(CC(=O)N(C)Cc3ccco3)C2=O)cc1C. The number of benzene rings is 2. The summed E-state index contributed by atoms with van der Waals surface area (Å²) in [5.41, 5.74) is 1.99. The molecule has 1 aliphatic heterocycles. The van der Waals surface area contributed by atoms with Crippen LogP contribution >= 0.6 is 0 Å². The highest BCUT2D eigenvalue weighted by Gasteiger charge is 2.54. The van der Waals surface area contributed by atoms with E-state index in [2.05, 4.69) is 5.32 Å². The number of amides is 4. The third-order valence-corrected chi connectivity index (χ3v) is 5.94. The molecule has 7 nitrogen and oxygen atoms in total. The number of aryl methyl sites for hydroxylation is 2. The van der Waals surface area contributed by atoms with E-state index in [1.54, 1.807) is 19.2 Å². The number of furan rings is 1. The molecule has 0 unspecified atom stereocenters. The third kappa shape index (κ3) is 3.66. The highest BCUT2D eigenvalue weighted by molar-refractivity contribution is 6.11. The van der Waals surface area contributed by atoms with E-state index < -0.39 is 17.5 Å². The molecule has 4 amide bonds. The topological polar surface area (TPSA) is 82.9 Å². The number of urea groups is 1. The summed E-state index contributed by atoms with van der Waals surface area (Å²) in [4.78, 5) is 42.0. The molecular formula is C25H25N3O4. The Kier molecular flexibility index (Phi) is 5.57. The minimum absolute atomic E-state index is 0.246. The zero-order valence-corrected chi connectivity index (χ0v) is 18.3. The van der Waals surface area contributed by atoms with E-state index >= 15 is 0 Å². The zero-order valence-electron chi connectivity index (χ0n) is 18.3. The van der Waals surface area contributed by atoms with Crippen molar-refractivity contribution in [2.24, 2.45) is 0 Å². The van der Waals surface area contributed by atoms with Crippen molar-refractivity contribution < 1.29 is 18.8 Å². The van der Waals surface area contributed by atoms with Gasteiger partial charge in [0.2, 0.25) is 5.91 Å². The first-order chi connectivity index (χ1) is 15.3. The smallest absolute Gasteiger partial charge is 0.326 e. The summed E-state index contributed by atoms with van der Waals surface area (Å²) >= 11 is 0. The van der Waals surface area contributed by atoms with E-state index in [1.807, 2.05) is 62.4 Å². The molecule has 7 heteroatoms. The summed E-state index contributed by atoms with van der Waals surface area (Å²) in [5.74, 6) is -0.225. The number of imide groups is 1. The average molecular weight is 431 g/mol. The first kappa shape index (κ1) is 21.4. The molecule has 1 fully saturated rings. The average Bonchev–Trinajstić information content (AvgIpc) is 3.38. The summed E-state index contributed by atoms with van der Waals surface area (Å²) in [6.45, 7) is 3.84. The van der Waals surface area contributed by atoms with E-state index in [1.165, 1.54) is 11.2 Å². The standard InChI is InChI=1S/C25H25N3O4/c1-17-11-12-20(14-18(17)2)25(19-8-5-4-6-9-19)23(30)28(24(31)26-25)16-22(29)27(3)15-21-10-7-13-32-21/h4-14H,15-16H2,1-3H3,(H,26,31)/t25-/m0/s1. The molecule has 2 heterocycles. The maximum Gasteiger partial charge on any atom is 0.326 e. The number of nitrogens with zero attached hydrogens (tertiary/aromatic N) is 2. The molecule has 0 bridgehead atoms. The number of likely N-dealkylation sites (N-methyl/N-ethyl adjacent to an activating group) is 1. The van der Waals surface area contributed by atoms with Crippen molar-refractivity contribution in [3.05, 3.63) is 94.9 Å². The van der Waals surface area contributed by atoms with Gasteiger partial charge in [-0.25, -0.2) is 4.79 Å². The second kappa shape index (κ2) is 8.34. The number of rotatable bonds is 6. The highest BCUT2D eigenvalue weighted by atomic mass is 16.3. The summed E-state index contributed by atoms with van der Waals surface area (Å²) in [6.07, 6.45) is 1.53. The Morgan fingerprint density at radius 2 is 1.75 bits per heavy atom. The molecule has 0 aliphatic carbocycles. The van der Waals surface area contributed by atoms with Crippen LogP contribution in [0.25, 0.3) is 0 Å². The van der Waals surface area contributed by atoms with Crippen LogP contribution in [0.2, 0.25) is 0 Å². The van der Waals surface area contributed by atoms with E-state index in [-0.39, 0.29) is 19.0 Å². The van der Waals surface area contributed by atoms with Crippen LogP contribution < -0.4 is 5.32 Å². The molecule has 1 N–H and O–H groups in total. The molecule has 1 atom stereocenters. The van der Waals surface area contributed by atoms with Gasteiger partial charge in [0.1, 0.15) is 12.3 Å². The number of nitrogens with one attached hydrogen (secondary N) is 1. The Labute approximate surface area is 186 Å². The van der Waals surface area contributed by atoms with Gasteiger partial charge < -0.3 is 14.6 Å². The van der Waals surface area contributed by atoms with Gasteiger partial charge in [-0.15, -0.1) is 0 Å². The second-order valence-electron chi connectivity index (χ2n) is 8.07. The summed E-state index contributed by atoms with van der Waals surface area (Å²) in [7, 11) is 1.61. The van der Waals surface area contributed by atoms with Gasteiger partial charge in [0.15, 0.2) is 5.54 Å². The zero-order chi connectivity index (χ0) is 22.9. The molecule has 2 aromatic carbocycles. The van der Waals surface area contributed by atoms with Gasteiger partial charge in [-0.05, 0) is 48.2 Å². The largest absolute Gasteiger partial charge is 0.467 e. The van der Waals surface area contributed by atoms with Gasteiger partial charge in [0, 0.05) is 7.05 Å². The maximum atomic E-state index is 13.8. The number of hydrogen-bond acceptors (Lipinski definition) is 4. The molecular weight excluding hydrogens is 406 g/mol. The maximum absolute atomic E-state index is 13.8. The second-order valence-corrected chi connectivity index (χ2v) is 8.07. The molecule has 4 rings (SSSR count). The molecule has 0 saturated carbocycles. The van der Waals surface area contributed by atoms with Crippen LogP contribution in [0.15, 0.2) is 71.3 Å². The van der Waals surface area contributed by atoms with Gasteiger partial charge in [-0.2, -0.15) is 0 Å². The van der Waals surface area contributed by atoms with Crippen LogP contribution in [0.3, 0.4) is 0 Å². The van der Waals surface area contributed by atoms with Gasteiger partial charge in [0.25, 0.3) is 5.91 Å². The summed E-state index contributed by atoms with van der Waals surface area (Å²) < 4.78 is 5.28. The lowest BCUT2D eigenvalue weighted by molar-refractivity contribution is -0.138. The van der Waals surface area contributed by atoms with E-state index in [0.717, 1.165) is 16.0 Å². The third-order valence-electron chi connectivity index (χ3n) is 5.94. The minimum Gasteiger partial charge on any atom is -0.467 e. The number of hydrogen-bond donors (Lipinski definition) is 1. The predicted molar refractivity (Wildman–Crippen MR) is 119 cm³/mol. The normalized spacial score (nSPS) is 18.0. The monoisotopic (exact) mass is 431 g/mol. The first-order valence-electron chi connectivity index (χ1n) is 10.4. The minimum atomic E-state index is -1.39. The van der Waals surface area contributed by atoms with Crippen molar-refractivity contribution in [1.29, 1.82) is 0 Å². The summed E-state index contributed by atoms with van der Waals surface area (Å²) in [5, 5.41) is 2.88.